The van der Waals surface area contributed by atoms with Gasteiger partial charge in [0.05, 0.1) is 12.7 Å². The fourth-order valence-electron chi connectivity index (χ4n) is 3.07. The highest BCUT2D eigenvalue weighted by Gasteiger charge is 2.21. The predicted octanol–water partition coefficient (Wildman–Crippen LogP) is 5.27. The quantitative estimate of drug-likeness (QED) is 0.520. The molecular formula is C23H18N2O3. The molecule has 0 aliphatic carbocycles. The van der Waals surface area contributed by atoms with Crippen LogP contribution in [-0.2, 0) is 0 Å². The van der Waals surface area contributed by atoms with Crippen molar-refractivity contribution in [3.05, 3.63) is 91.0 Å². The largest absolute Gasteiger partial charge is 0.496 e. The number of anilines is 1. The highest BCUT2D eigenvalue weighted by molar-refractivity contribution is 6.08. The molecule has 3 aromatic carbocycles. The average molecular weight is 370 g/mol. The van der Waals surface area contributed by atoms with Gasteiger partial charge >= 0.3 is 0 Å². The van der Waals surface area contributed by atoms with E-state index < -0.39 is 0 Å². The first-order chi connectivity index (χ1) is 13.8. The van der Waals surface area contributed by atoms with Crippen molar-refractivity contribution in [1.82, 2.24) is 4.98 Å². The number of benzene rings is 3. The van der Waals surface area contributed by atoms with Gasteiger partial charge in [-0.2, -0.15) is 0 Å². The number of hydrogen-bond donors (Lipinski definition) is 1. The lowest BCUT2D eigenvalue weighted by atomic mass is 10.0. The van der Waals surface area contributed by atoms with E-state index in [0.717, 1.165) is 11.1 Å². The molecule has 28 heavy (non-hydrogen) atoms. The van der Waals surface area contributed by atoms with Crippen molar-refractivity contribution in [3.8, 4) is 28.2 Å². The summed E-state index contributed by atoms with van der Waals surface area (Å²) in [6.45, 7) is 0. The zero-order valence-corrected chi connectivity index (χ0v) is 15.3. The Kier molecular flexibility index (Phi) is 4.89. The van der Waals surface area contributed by atoms with Crippen molar-refractivity contribution >= 4 is 11.6 Å². The van der Waals surface area contributed by atoms with Crippen LogP contribution >= 0.6 is 0 Å². The van der Waals surface area contributed by atoms with Crippen LogP contribution in [0.5, 0.6) is 5.75 Å². The summed E-state index contributed by atoms with van der Waals surface area (Å²) in [5.41, 5.74) is 3.52. The van der Waals surface area contributed by atoms with Crippen LogP contribution in [0.2, 0.25) is 0 Å². The molecule has 0 spiro atoms. The minimum atomic E-state index is -0.349. The van der Waals surface area contributed by atoms with Crippen LogP contribution in [0.3, 0.4) is 0 Å². The molecule has 5 nitrogen and oxygen atoms in total. The Morgan fingerprint density at radius 1 is 0.893 bits per heavy atom. The molecule has 0 aliphatic heterocycles. The molecule has 0 saturated carbocycles. The van der Waals surface area contributed by atoms with Crippen LogP contribution in [0.4, 0.5) is 5.69 Å². The van der Waals surface area contributed by atoms with Crippen LogP contribution in [-0.4, -0.2) is 18.0 Å². The van der Waals surface area contributed by atoms with E-state index in [1.807, 2.05) is 78.9 Å². The second-order valence-corrected chi connectivity index (χ2v) is 6.10. The minimum Gasteiger partial charge on any atom is -0.496 e. The topological polar surface area (TPSA) is 64.4 Å². The highest BCUT2D eigenvalue weighted by atomic mass is 16.5. The van der Waals surface area contributed by atoms with Crippen LogP contribution < -0.4 is 10.1 Å². The van der Waals surface area contributed by atoms with Crippen molar-refractivity contribution in [2.45, 2.75) is 0 Å². The lowest BCUT2D eigenvalue weighted by Gasteiger charge is -2.11. The molecule has 0 bridgehead atoms. The molecule has 0 radical (unpaired) electrons. The van der Waals surface area contributed by atoms with Gasteiger partial charge in [0.25, 0.3) is 5.91 Å². The molecule has 0 saturated heterocycles. The number of para-hydroxylation sites is 2. The van der Waals surface area contributed by atoms with E-state index in [1.54, 1.807) is 7.11 Å². The fraction of sp³-hybridized carbons (Fsp3) is 0.0435. The summed E-state index contributed by atoms with van der Waals surface area (Å²) in [4.78, 5) is 17.1. The molecule has 0 unspecified atom stereocenters. The Morgan fingerprint density at radius 3 is 2.36 bits per heavy atom. The molecule has 0 aliphatic rings. The van der Waals surface area contributed by atoms with Gasteiger partial charge in [-0.3, -0.25) is 4.79 Å². The van der Waals surface area contributed by atoms with E-state index in [2.05, 4.69) is 10.3 Å². The Labute approximate surface area is 162 Å². The standard InChI is InChI=1S/C23H18N2O3/c1-27-20-14-8-6-12-18(20)22-21(24-15-28-22)23(26)25-19-13-7-5-11-17(19)16-9-3-2-4-10-16/h2-15H,1H3,(H,25,26). The van der Waals surface area contributed by atoms with E-state index >= 15 is 0 Å². The first-order valence-electron chi connectivity index (χ1n) is 8.80. The van der Waals surface area contributed by atoms with E-state index in [0.29, 0.717) is 22.8 Å². The third kappa shape index (κ3) is 3.38. The maximum Gasteiger partial charge on any atom is 0.278 e. The summed E-state index contributed by atoms with van der Waals surface area (Å²) in [5.74, 6) is 0.628. The van der Waals surface area contributed by atoms with Gasteiger partial charge in [-0.15, -0.1) is 0 Å². The predicted molar refractivity (Wildman–Crippen MR) is 108 cm³/mol. The number of carbonyl (C=O) groups is 1. The summed E-state index contributed by atoms with van der Waals surface area (Å²) < 4.78 is 10.9. The maximum absolute atomic E-state index is 13.0. The van der Waals surface area contributed by atoms with Gasteiger partial charge in [-0.1, -0.05) is 60.7 Å². The molecule has 1 amide bonds. The van der Waals surface area contributed by atoms with Gasteiger partial charge in [0.2, 0.25) is 0 Å². The lowest BCUT2D eigenvalue weighted by Crippen LogP contribution is -2.14. The van der Waals surface area contributed by atoms with E-state index in [4.69, 9.17) is 9.15 Å². The van der Waals surface area contributed by atoms with Gasteiger partial charge in [-0.05, 0) is 23.8 Å². The van der Waals surface area contributed by atoms with Crippen LogP contribution in [0.25, 0.3) is 22.5 Å². The highest BCUT2D eigenvalue weighted by Crippen LogP contribution is 2.33. The number of carbonyl (C=O) groups excluding carboxylic acids is 1. The monoisotopic (exact) mass is 370 g/mol. The summed E-state index contributed by atoms with van der Waals surface area (Å²) in [5, 5.41) is 2.96. The van der Waals surface area contributed by atoms with E-state index in [1.165, 1.54) is 6.39 Å². The Balaban J connectivity index is 1.68. The SMILES string of the molecule is COc1ccccc1-c1ocnc1C(=O)Nc1ccccc1-c1ccccc1. The molecule has 1 heterocycles. The van der Waals surface area contributed by atoms with Crippen LogP contribution in [0.1, 0.15) is 10.5 Å². The fourth-order valence-corrected chi connectivity index (χ4v) is 3.07. The zero-order chi connectivity index (χ0) is 19.3. The van der Waals surface area contributed by atoms with E-state index in [-0.39, 0.29) is 11.6 Å². The minimum absolute atomic E-state index is 0.201. The number of nitrogens with one attached hydrogen (secondary N) is 1. The molecule has 4 aromatic rings. The van der Waals surface area contributed by atoms with Crippen LogP contribution in [0, 0.1) is 0 Å². The van der Waals surface area contributed by atoms with Gasteiger partial charge in [0, 0.05) is 11.3 Å². The van der Waals surface area contributed by atoms with Gasteiger partial charge in [0.1, 0.15) is 5.75 Å². The van der Waals surface area contributed by atoms with Gasteiger partial charge in [0.15, 0.2) is 17.8 Å². The number of aromatic nitrogens is 1. The third-order valence-corrected chi connectivity index (χ3v) is 4.39. The molecule has 138 valence electrons. The number of rotatable bonds is 5. The summed E-state index contributed by atoms with van der Waals surface area (Å²) in [7, 11) is 1.57. The van der Waals surface area contributed by atoms with Crippen LogP contribution in [0.15, 0.2) is 89.7 Å². The smallest absolute Gasteiger partial charge is 0.278 e. The number of nitrogens with zero attached hydrogens (tertiary/aromatic N) is 1. The molecule has 0 fully saturated rings. The molecular weight excluding hydrogens is 352 g/mol. The number of amides is 1. The van der Waals surface area contributed by atoms with Crippen molar-refractivity contribution < 1.29 is 13.9 Å². The number of oxazole rings is 1. The van der Waals surface area contributed by atoms with Crippen molar-refractivity contribution in [1.29, 1.82) is 0 Å². The van der Waals surface area contributed by atoms with E-state index in [9.17, 15) is 4.79 Å². The first kappa shape index (κ1) is 17.5. The summed E-state index contributed by atoms with van der Waals surface area (Å²) in [6.07, 6.45) is 1.26. The molecule has 0 atom stereocenters. The van der Waals surface area contributed by atoms with Crippen molar-refractivity contribution in [3.63, 3.8) is 0 Å². The molecule has 5 heteroatoms. The summed E-state index contributed by atoms with van der Waals surface area (Å²) >= 11 is 0. The summed E-state index contributed by atoms with van der Waals surface area (Å²) in [6, 6.07) is 24.9. The van der Waals surface area contributed by atoms with Gasteiger partial charge < -0.3 is 14.5 Å². The normalized spacial score (nSPS) is 10.5. The Morgan fingerprint density at radius 2 is 1.57 bits per heavy atom. The zero-order valence-electron chi connectivity index (χ0n) is 15.3. The maximum atomic E-state index is 13.0. The lowest BCUT2D eigenvalue weighted by molar-refractivity contribution is 0.102. The second kappa shape index (κ2) is 7.80. The van der Waals surface area contributed by atoms with Crippen molar-refractivity contribution in [2.24, 2.45) is 0 Å². The molecule has 1 N–H and O–H groups in total. The van der Waals surface area contributed by atoms with Gasteiger partial charge in [-0.25, -0.2) is 4.98 Å². The second-order valence-electron chi connectivity index (χ2n) is 6.10. The number of ether oxygens (including phenoxy) is 1. The first-order valence-corrected chi connectivity index (χ1v) is 8.80. The molecule has 1 aromatic heterocycles. The third-order valence-electron chi connectivity index (χ3n) is 4.39. The number of hydrogen-bond acceptors (Lipinski definition) is 4. The average Bonchev–Trinajstić information content (AvgIpc) is 3.24. The Hall–Kier alpha value is -3.86. The molecule has 4 rings (SSSR count). The van der Waals surface area contributed by atoms with Crippen molar-refractivity contribution in [2.75, 3.05) is 12.4 Å². The number of methoxy groups -OCH3 is 1. The Bertz CT molecular complexity index is 1100.